The van der Waals surface area contributed by atoms with Crippen LogP contribution in [0.1, 0.15) is 6.42 Å². The Morgan fingerprint density at radius 2 is 2.29 bits per heavy atom. The Morgan fingerprint density at radius 3 is 2.76 bits per heavy atom. The minimum absolute atomic E-state index is 0.00441. The van der Waals surface area contributed by atoms with Gasteiger partial charge in [0.15, 0.2) is 9.84 Å². The molecular formula is C10H15NO5S. The number of sulfone groups is 1. The van der Waals surface area contributed by atoms with Gasteiger partial charge in [0.2, 0.25) is 0 Å². The normalized spacial score (nSPS) is 21.8. The lowest BCUT2D eigenvalue weighted by Gasteiger charge is -2.25. The summed E-state index contributed by atoms with van der Waals surface area (Å²) in [5.41, 5.74) is 0. The molecule has 1 aliphatic heterocycles. The van der Waals surface area contributed by atoms with E-state index in [1.807, 2.05) is 0 Å². The maximum absolute atomic E-state index is 11.6. The quantitative estimate of drug-likeness (QED) is 0.672. The van der Waals surface area contributed by atoms with Crippen molar-refractivity contribution in [2.24, 2.45) is 0 Å². The fourth-order valence-electron chi connectivity index (χ4n) is 1.68. The SMILES string of the molecule is C#CCN(C(=O)OCCO)C1CCS(=O)(=O)C1. The lowest BCUT2D eigenvalue weighted by Crippen LogP contribution is -2.42. The van der Waals surface area contributed by atoms with Crippen LogP contribution in [-0.4, -0.2) is 61.8 Å². The van der Waals surface area contributed by atoms with Crippen LogP contribution in [0.15, 0.2) is 0 Å². The highest BCUT2D eigenvalue weighted by atomic mass is 32.2. The summed E-state index contributed by atoms with van der Waals surface area (Å²) < 4.78 is 27.4. The molecule has 0 aromatic rings. The van der Waals surface area contributed by atoms with Crippen molar-refractivity contribution in [3.63, 3.8) is 0 Å². The van der Waals surface area contributed by atoms with Crippen molar-refractivity contribution in [1.82, 2.24) is 4.90 Å². The second-order valence-electron chi connectivity index (χ2n) is 3.73. The number of rotatable bonds is 4. The summed E-state index contributed by atoms with van der Waals surface area (Å²) in [4.78, 5) is 12.8. The van der Waals surface area contributed by atoms with Gasteiger partial charge in [-0.2, -0.15) is 0 Å². The topological polar surface area (TPSA) is 83.9 Å². The van der Waals surface area contributed by atoms with E-state index in [-0.39, 0.29) is 31.3 Å². The molecule has 1 amide bonds. The molecule has 1 aliphatic rings. The fraction of sp³-hybridized carbons (Fsp3) is 0.700. The van der Waals surface area contributed by atoms with Gasteiger partial charge in [0, 0.05) is 0 Å². The number of amides is 1. The van der Waals surface area contributed by atoms with Gasteiger partial charge in [-0.3, -0.25) is 4.90 Å². The zero-order chi connectivity index (χ0) is 12.9. The molecule has 0 aliphatic carbocycles. The predicted octanol–water partition coefficient (Wildman–Crippen LogP) is -0.762. The van der Waals surface area contributed by atoms with Crippen LogP contribution >= 0.6 is 0 Å². The van der Waals surface area contributed by atoms with E-state index < -0.39 is 22.0 Å². The Labute approximate surface area is 100 Å². The standard InChI is InChI=1S/C10H15NO5S/c1-2-4-11(10(13)16-6-5-12)9-3-7-17(14,15)8-9/h1,9,12H,3-8H2. The van der Waals surface area contributed by atoms with E-state index in [0.29, 0.717) is 6.42 Å². The van der Waals surface area contributed by atoms with E-state index in [9.17, 15) is 13.2 Å². The minimum atomic E-state index is -3.08. The Balaban J connectivity index is 2.67. The summed E-state index contributed by atoms with van der Waals surface area (Å²) in [6, 6.07) is -0.428. The Morgan fingerprint density at radius 1 is 1.59 bits per heavy atom. The molecule has 6 nitrogen and oxygen atoms in total. The zero-order valence-electron chi connectivity index (χ0n) is 9.33. The van der Waals surface area contributed by atoms with Crippen molar-refractivity contribution in [3.8, 4) is 12.3 Å². The van der Waals surface area contributed by atoms with E-state index in [1.54, 1.807) is 0 Å². The summed E-state index contributed by atoms with van der Waals surface area (Å²) in [6.45, 7) is -0.400. The van der Waals surface area contributed by atoms with Gasteiger partial charge in [-0.25, -0.2) is 13.2 Å². The highest BCUT2D eigenvalue weighted by molar-refractivity contribution is 7.91. The van der Waals surface area contributed by atoms with Crippen LogP contribution in [0.4, 0.5) is 4.79 Å². The van der Waals surface area contributed by atoms with Gasteiger partial charge >= 0.3 is 6.09 Å². The summed E-state index contributed by atoms with van der Waals surface area (Å²) in [5.74, 6) is 2.28. The van der Waals surface area contributed by atoms with Crippen molar-refractivity contribution in [2.45, 2.75) is 12.5 Å². The zero-order valence-corrected chi connectivity index (χ0v) is 10.1. The molecule has 0 radical (unpaired) electrons. The minimum Gasteiger partial charge on any atom is -0.447 e. The van der Waals surface area contributed by atoms with Gasteiger partial charge in [-0.1, -0.05) is 5.92 Å². The molecule has 17 heavy (non-hydrogen) atoms. The molecule has 0 saturated carbocycles. The fourth-order valence-corrected chi connectivity index (χ4v) is 3.41. The molecule has 96 valence electrons. The summed E-state index contributed by atoms with van der Waals surface area (Å²) in [7, 11) is -3.08. The average molecular weight is 261 g/mol. The lowest BCUT2D eigenvalue weighted by atomic mass is 10.2. The highest BCUT2D eigenvalue weighted by Gasteiger charge is 2.34. The molecule has 1 saturated heterocycles. The molecule has 1 fully saturated rings. The van der Waals surface area contributed by atoms with E-state index in [2.05, 4.69) is 5.92 Å². The number of nitrogens with zero attached hydrogens (tertiary/aromatic N) is 1. The molecule has 0 aromatic heterocycles. The van der Waals surface area contributed by atoms with E-state index in [4.69, 9.17) is 16.3 Å². The first-order valence-corrected chi connectivity index (χ1v) is 7.00. The van der Waals surface area contributed by atoms with Gasteiger partial charge in [0.05, 0.1) is 30.7 Å². The van der Waals surface area contributed by atoms with Gasteiger partial charge in [-0.15, -0.1) is 6.42 Å². The Kier molecular flexibility index (Phi) is 4.78. The maximum Gasteiger partial charge on any atom is 0.410 e. The lowest BCUT2D eigenvalue weighted by molar-refractivity contribution is 0.0787. The van der Waals surface area contributed by atoms with Crippen molar-refractivity contribution in [1.29, 1.82) is 0 Å². The number of hydrogen-bond acceptors (Lipinski definition) is 5. The van der Waals surface area contributed by atoms with Crippen molar-refractivity contribution >= 4 is 15.9 Å². The number of terminal acetylenes is 1. The van der Waals surface area contributed by atoms with Crippen LogP contribution < -0.4 is 0 Å². The van der Waals surface area contributed by atoms with Gasteiger partial charge < -0.3 is 9.84 Å². The second kappa shape index (κ2) is 5.89. The molecule has 0 aromatic carbocycles. The Bertz CT molecular complexity index is 411. The monoisotopic (exact) mass is 261 g/mol. The first-order valence-electron chi connectivity index (χ1n) is 5.18. The third-order valence-electron chi connectivity index (χ3n) is 2.46. The third-order valence-corrected chi connectivity index (χ3v) is 4.21. The van der Waals surface area contributed by atoms with Crippen LogP contribution in [0.25, 0.3) is 0 Å². The Hall–Kier alpha value is -1.26. The summed E-state index contributed by atoms with van der Waals surface area (Å²) in [6.07, 6.45) is 4.82. The number of ether oxygens (including phenoxy) is 1. The maximum atomic E-state index is 11.6. The van der Waals surface area contributed by atoms with Crippen LogP contribution in [0.5, 0.6) is 0 Å². The van der Waals surface area contributed by atoms with Crippen LogP contribution in [0, 0.1) is 12.3 Å². The number of carbonyl (C=O) groups excluding carboxylic acids is 1. The van der Waals surface area contributed by atoms with Crippen LogP contribution in [0.3, 0.4) is 0 Å². The number of aliphatic hydroxyl groups excluding tert-OH is 1. The summed E-state index contributed by atoms with van der Waals surface area (Å²) >= 11 is 0. The van der Waals surface area contributed by atoms with Gasteiger partial charge in [0.25, 0.3) is 0 Å². The molecule has 7 heteroatoms. The van der Waals surface area contributed by atoms with Gasteiger partial charge in [0.1, 0.15) is 6.61 Å². The van der Waals surface area contributed by atoms with E-state index in [0.717, 1.165) is 0 Å². The molecule has 1 heterocycles. The molecular weight excluding hydrogens is 246 g/mol. The van der Waals surface area contributed by atoms with E-state index in [1.165, 1.54) is 4.90 Å². The predicted molar refractivity (Wildman–Crippen MR) is 61.0 cm³/mol. The molecule has 1 atom stereocenters. The second-order valence-corrected chi connectivity index (χ2v) is 5.96. The van der Waals surface area contributed by atoms with Crippen molar-refractivity contribution in [2.75, 3.05) is 31.3 Å². The average Bonchev–Trinajstić information content (AvgIpc) is 2.63. The van der Waals surface area contributed by atoms with Crippen molar-refractivity contribution in [3.05, 3.63) is 0 Å². The summed E-state index contributed by atoms with van der Waals surface area (Å²) in [5, 5.41) is 8.54. The number of carbonyl (C=O) groups is 1. The van der Waals surface area contributed by atoms with E-state index >= 15 is 0 Å². The van der Waals surface area contributed by atoms with Crippen LogP contribution in [0.2, 0.25) is 0 Å². The van der Waals surface area contributed by atoms with Gasteiger partial charge in [-0.05, 0) is 6.42 Å². The first-order chi connectivity index (χ1) is 8.00. The smallest absolute Gasteiger partial charge is 0.410 e. The highest BCUT2D eigenvalue weighted by Crippen LogP contribution is 2.18. The molecule has 0 bridgehead atoms. The number of hydrogen-bond donors (Lipinski definition) is 1. The third kappa shape index (κ3) is 3.91. The molecule has 1 rings (SSSR count). The van der Waals surface area contributed by atoms with Crippen LogP contribution in [-0.2, 0) is 14.6 Å². The molecule has 1 N–H and O–H groups in total. The first kappa shape index (κ1) is 13.8. The van der Waals surface area contributed by atoms with Crippen molar-refractivity contribution < 1.29 is 23.1 Å². The molecule has 1 unspecified atom stereocenters. The largest absolute Gasteiger partial charge is 0.447 e. The number of aliphatic hydroxyl groups is 1. The molecule has 0 spiro atoms.